The molecule has 0 heterocycles. The normalized spacial score (nSPS) is 12.2. The molecule has 0 aromatic heterocycles. The SMILES string of the molecule is COc1ccc(CNCC(O)c2cccc(Cl)c2)cc1. The molecule has 0 radical (unpaired) electrons. The molecule has 0 amide bonds. The molecule has 2 N–H and O–H groups in total. The second kappa shape index (κ2) is 7.29. The van der Waals surface area contributed by atoms with Crippen LogP contribution in [0.3, 0.4) is 0 Å². The molecule has 106 valence electrons. The summed E-state index contributed by atoms with van der Waals surface area (Å²) in [6.07, 6.45) is -0.563. The third kappa shape index (κ3) is 4.23. The van der Waals surface area contributed by atoms with Crippen LogP contribution in [0.15, 0.2) is 48.5 Å². The molecule has 0 fully saturated rings. The minimum atomic E-state index is -0.563. The minimum Gasteiger partial charge on any atom is -0.497 e. The topological polar surface area (TPSA) is 41.5 Å². The van der Waals surface area contributed by atoms with E-state index in [0.717, 1.165) is 16.9 Å². The highest BCUT2D eigenvalue weighted by molar-refractivity contribution is 6.30. The van der Waals surface area contributed by atoms with Gasteiger partial charge in [0.2, 0.25) is 0 Å². The van der Waals surface area contributed by atoms with Gasteiger partial charge in [-0.05, 0) is 35.4 Å². The molecule has 0 saturated heterocycles. The first-order chi connectivity index (χ1) is 9.69. The van der Waals surface area contributed by atoms with E-state index in [1.165, 1.54) is 0 Å². The summed E-state index contributed by atoms with van der Waals surface area (Å²) in [7, 11) is 1.65. The van der Waals surface area contributed by atoms with Gasteiger partial charge in [0.1, 0.15) is 5.75 Å². The van der Waals surface area contributed by atoms with Gasteiger partial charge < -0.3 is 15.2 Å². The molecule has 0 saturated carbocycles. The third-order valence-electron chi connectivity index (χ3n) is 3.06. The molecule has 0 spiro atoms. The Labute approximate surface area is 124 Å². The summed E-state index contributed by atoms with van der Waals surface area (Å²) in [6, 6.07) is 15.1. The highest BCUT2D eigenvalue weighted by Gasteiger charge is 2.07. The van der Waals surface area contributed by atoms with Crippen LogP contribution in [-0.4, -0.2) is 18.8 Å². The van der Waals surface area contributed by atoms with Crippen LogP contribution < -0.4 is 10.1 Å². The number of methoxy groups -OCH3 is 1. The predicted molar refractivity (Wildman–Crippen MR) is 81.1 cm³/mol. The fourth-order valence-corrected chi connectivity index (χ4v) is 2.13. The molecule has 4 heteroatoms. The van der Waals surface area contributed by atoms with E-state index in [-0.39, 0.29) is 0 Å². The lowest BCUT2D eigenvalue weighted by Crippen LogP contribution is -2.21. The van der Waals surface area contributed by atoms with Gasteiger partial charge in [-0.2, -0.15) is 0 Å². The third-order valence-corrected chi connectivity index (χ3v) is 3.29. The maximum atomic E-state index is 10.1. The summed E-state index contributed by atoms with van der Waals surface area (Å²) in [5, 5.41) is 13.9. The average molecular weight is 292 g/mol. The van der Waals surface area contributed by atoms with Crippen molar-refractivity contribution in [2.75, 3.05) is 13.7 Å². The quantitative estimate of drug-likeness (QED) is 0.859. The van der Waals surface area contributed by atoms with E-state index in [2.05, 4.69) is 5.32 Å². The second-order valence-corrected chi connectivity index (χ2v) is 4.99. The van der Waals surface area contributed by atoms with E-state index in [1.807, 2.05) is 36.4 Å². The van der Waals surface area contributed by atoms with Crippen molar-refractivity contribution in [2.45, 2.75) is 12.6 Å². The molecule has 2 aromatic rings. The molecule has 0 aliphatic heterocycles. The highest BCUT2D eigenvalue weighted by atomic mass is 35.5. The molecule has 3 nitrogen and oxygen atoms in total. The van der Waals surface area contributed by atoms with Crippen LogP contribution in [0.5, 0.6) is 5.75 Å². The van der Waals surface area contributed by atoms with Gasteiger partial charge in [-0.1, -0.05) is 35.9 Å². The molecule has 0 bridgehead atoms. The van der Waals surface area contributed by atoms with Crippen molar-refractivity contribution >= 4 is 11.6 Å². The van der Waals surface area contributed by atoms with Gasteiger partial charge in [-0.15, -0.1) is 0 Å². The van der Waals surface area contributed by atoms with Crippen molar-refractivity contribution < 1.29 is 9.84 Å². The van der Waals surface area contributed by atoms with Crippen LogP contribution >= 0.6 is 11.6 Å². The average Bonchev–Trinajstić information content (AvgIpc) is 2.48. The number of benzene rings is 2. The Balaban J connectivity index is 1.82. The monoisotopic (exact) mass is 291 g/mol. The Kier molecular flexibility index (Phi) is 5.41. The first-order valence-electron chi connectivity index (χ1n) is 6.46. The number of rotatable bonds is 6. The zero-order valence-electron chi connectivity index (χ0n) is 11.3. The van der Waals surface area contributed by atoms with Crippen molar-refractivity contribution in [2.24, 2.45) is 0 Å². The summed E-state index contributed by atoms with van der Waals surface area (Å²) in [4.78, 5) is 0. The van der Waals surface area contributed by atoms with Gasteiger partial charge in [0.25, 0.3) is 0 Å². The van der Waals surface area contributed by atoms with Gasteiger partial charge in [-0.25, -0.2) is 0 Å². The zero-order valence-corrected chi connectivity index (χ0v) is 12.1. The molecule has 1 atom stereocenters. The number of nitrogens with one attached hydrogen (secondary N) is 1. The molecule has 20 heavy (non-hydrogen) atoms. The van der Waals surface area contributed by atoms with Crippen molar-refractivity contribution in [3.05, 3.63) is 64.7 Å². The second-order valence-electron chi connectivity index (χ2n) is 4.55. The zero-order chi connectivity index (χ0) is 14.4. The Morgan fingerprint density at radius 2 is 1.95 bits per heavy atom. The van der Waals surface area contributed by atoms with Crippen LogP contribution in [0.25, 0.3) is 0 Å². The summed E-state index contributed by atoms with van der Waals surface area (Å²) < 4.78 is 5.11. The van der Waals surface area contributed by atoms with Crippen molar-refractivity contribution in [3.8, 4) is 5.75 Å². The Hall–Kier alpha value is -1.55. The largest absolute Gasteiger partial charge is 0.497 e. The highest BCUT2D eigenvalue weighted by Crippen LogP contribution is 2.17. The van der Waals surface area contributed by atoms with E-state index in [1.54, 1.807) is 19.2 Å². The maximum Gasteiger partial charge on any atom is 0.118 e. The summed E-state index contributed by atoms with van der Waals surface area (Å²) >= 11 is 5.90. The van der Waals surface area contributed by atoms with E-state index < -0.39 is 6.10 Å². The van der Waals surface area contributed by atoms with E-state index in [4.69, 9.17) is 16.3 Å². The Morgan fingerprint density at radius 1 is 1.20 bits per heavy atom. The lowest BCUT2D eigenvalue weighted by atomic mass is 10.1. The van der Waals surface area contributed by atoms with Crippen LogP contribution in [0.4, 0.5) is 0 Å². The molecule has 2 aromatic carbocycles. The minimum absolute atomic E-state index is 0.479. The van der Waals surface area contributed by atoms with Crippen LogP contribution in [-0.2, 0) is 6.54 Å². The van der Waals surface area contributed by atoms with Crippen molar-refractivity contribution in [3.63, 3.8) is 0 Å². The van der Waals surface area contributed by atoms with Gasteiger partial charge in [0, 0.05) is 18.1 Å². The van der Waals surface area contributed by atoms with E-state index >= 15 is 0 Å². The Morgan fingerprint density at radius 3 is 2.60 bits per heavy atom. The predicted octanol–water partition coefficient (Wildman–Crippen LogP) is 3.17. The summed E-state index contributed by atoms with van der Waals surface area (Å²) in [5.74, 6) is 0.840. The van der Waals surface area contributed by atoms with Crippen molar-refractivity contribution in [1.29, 1.82) is 0 Å². The van der Waals surface area contributed by atoms with Crippen LogP contribution in [0.1, 0.15) is 17.2 Å². The number of hydrogen-bond donors (Lipinski definition) is 2. The summed E-state index contributed by atoms with van der Waals surface area (Å²) in [5.41, 5.74) is 1.96. The first-order valence-corrected chi connectivity index (χ1v) is 6.84. The molecular weight excluding hydrogens is 274 g/mol. The lowest BCUT2D eigenvalue weighted by molar-refractivity contribution is 0.174. The fourth-order valence-electron chi connectivity index (χ4n) is 1.93. The number of aliphatic hydroxyl groups excluding tert-OH is 1. The summed E-state index contributed by atoms with van der Waals surface area (Å²) in [6.45, 7) is 1.17. The molecular formula is C16H18ClNO2. The first kappa shape index (κ1) is 14.9. The smallest absolute Gasteiger partial charge is 0.118 e. The van der Waals surface area contributed by atoms with Gasteiger partial charge in [0.15, 0.2) is 0 Å². The lowest BCUT2D eigenvalue weighted by Gasteiger charge is -2.12. The number of hydrogen-bond acceptors (Lipinski definition) is 3. The number of aliphatic hydroxyl groups is 1. The van der Waals surface area contributed by atoms with E-state index in [9.17, 15) is 5.11 Å². The van der Waals surface area contributed by atoms with Gasteiger partial charge in [-0.3, -0.25) is 0 Å². The van der Waals surface area contributed by atoms with Gasteiger partial charge in [0.05, 0.1) is 13.2 Å². The standard InChI is InChI=1S/C16H18ClNO2/c1-20-15-7-5-12(6-8-15)10-18-11-16(19)13-3-2-4-14(17)9-13/h2-9,16,18-19H,10-11H2,1H3. The van der Waals surface area contributed by atoms with Crippen LogP contribution in [0, 0.1) is 0 Å². The molecule has 0 aliphatic carbocycles. The molecule has 0 aliphatic rings. The molecule has 1 unspecified atom stereocenters. The van der Waals surface area contributed by atoms with Crippen molar-refractivity contribution in [1.82, 2.24) is 5.32 Å². The maximum absolute atomic E-state index is 10.1. The molecule has 2 rings (SSSR count). The number of halogens is 1. The van der Waals surface area contributed by atoms with Gasteiger partial charge >= 0.3 is 0 Å². The Bertz CT molecular complexity index is 542. The van der Waals surface area contributed by atoms with E-state index in [0.29, 0.717) is 18.1 Å². The van der Waals surface area contributed by atoms with Crippen LogP contribution in [0.2, 0.25) is 5.02 Å². The number of ether oxygens (including phenoxy) is 1. The fraction of sp³-hybridized carbons (Fsp3) is 0.250.